The molecule has 0 bridgehead atoms. The molecule has 2 N–H and O–H groups in total. The molecule has 0 aromatic heterocycles. The molecule has 6 rings (SSSR count). The Labute approximate surface area is 314 Å². The van der Waals surface area contributed by atoms with Gasteiger partial charge in [-0.25, -0.2) is 0 Å². The predicted molar refractivity (Wildman–Crippen MR) is 218 cm³/mol. The van der Waals surface area contributed by atoms with Crippen molar-refractivity contribution in [1.29, 1.82) is 0 Å². The molecule has 278 valence electrons. The molecule has 4 aromatic rings. The molecule has 0 spiro atoms. The van der Waals surface area contributed by atoms with Gasteiger partial charge in [-0.2, -0.15) is 21.4 Å². The zero-order valence-electron chi connectivity index (χ0n) is 30.9. The molecule has 0 aliphatic carbocycles. The molecular weight excluding hydrogens is 705 g/mol. The van der Waals surface area contributed by atoms with E-state index in [1.165, 1.54) is 27.3 Å². The van der Waals surface area contributed by atoms with Crippen LogP contribution in [-0.4, -0.2) is 60.8 Å². The highest BCUT2D eigenvalue weighted by atomic mass is 32.2. The van der Waals surface area contributed by atoms with Crippen molar-refractivity contribution in [2.75, 3.05) is 29.5 Å². The van der Waals surface area contributed by atoms with E-state index in [0.717, 1.165) is 28.2 Å². The van der Waals surface area contributed by atoms with E-state index in [9.17, 15) is 25.9 Å². The normalized spacial score (nSPS) is 17.8. The quantitative estimate of drug-likeness (QED) is 0.0572. The van der Waals surface area contributed by atoms with Gasteiger partial charge in [0.05, 0.1) is 16.9 Å². The van der Waals surface area contributed by atoms with Crippen molar-refractivity contribution in [2.24, 2.45) is 0 Å². The van der Waals surface area contributed by atoms with E-state index in [1.54, 1.807) is 0 Å². The second kappa shape index (κ2) is 15.2. The van der Waals surface area contributed by atoms with Crippen LogP contribution in [0.2, 0.25) is 0 Å². The van der Waals surface area contributed by atoms with E-state index >= 15 is 0 Å². The summed E-state index contributed by atoms with van der Waals surface area (Å²) in [7, 11) is -8.02. The van der Waals surface area contributed by atoms with Crippen LogP contribution in [0.25, 0.3) is 21.5 Å². The fraction of sp³-hybridized carbons (Fsp3) is 0.326. The van der Waals surface area contributed by atoms with Gasteiger partial charge in [0.15, 0.2) is 5.71 Å². The van der Waals surface area contributed by atoms with Crippen LogP contribution in [0, 0.1) is 0 Å². The molecule has 2 aliphatic heterocycles. The average molecular weight is 754 g/mol. The molecule has 2 heterocycles. The molecule has 4 aromatic carbocycles. The smallest absolute Gasteiger partial charge is 0.264 e. The maximum atomic E-state index is 11.4. The molecule has 0 radical (unpaired) electrons. The Kier molecular flexibility index (Phi) is 11.0. The zero-order chi connectivity index (χ0) is 38.0. The van der Waals surface area contributed by atoms with Crippen LogP contribution in [0.5, 0.6) is 0 Å². The van der Waals surface area contributed by atoms with Crippen molar-refractivity contribution >= 4 is 58.9 Å². The minimum Gasteiger partial charge on any atom is -0.344 e. The molecule has 0 atom stereocenters. The highest BCUT2D eigenvalue weighted by molar-refractivity contribution is 7.86. The average Bonchev–Trinajstić information content (AvgIpc) is 3.44. The lowest BCUT2D eigenvalue weighted by atomic mass is 9.79. The number of fused-ring (bicyclic) bond motifs is 5. The highest BCUT2D eigenvalue weighted by Crippen LogP contribution is 2.49. The molecular formula is C43H49N2O6S2+. The van der Waals surface area contributed by atoms with Gasteiger partial charge in [0.1, 0.15) is 6.54 Å². The van der Waals surface area contributed by atoms with Crippen molar-refractivity contribution in [3.8, 4) is 0 Å². The van der Waals surface area contributed by atoms with Crippen LogP contribution < -0.4 is 4.90 Å². The number of anilines is 1. The lowest BCUT2D eigenvalue weighted by Gasteiger charge is -2.27. The predicted octanol–water partition coefficient (Wildman–Crippen LogP) is 9.06. The molecule has 8 nitrogen and oxygen atoms in total. The lowest BCUT2D eigenvalue weighted by molar-refractivity contribution is -0.438. The van der Waals surface area contributed by atoms with E-state index in [1.807, 2.05) is 48.6 Å². The van der Waals surface area contributed by atoms with Crippen molar-refractivity contribution in [3.05, 3.63) is 132 Å². The first kappa shape index (κ1) is 38.4. The number of allylic oxidation sites excluding steroid dienone is 8. The lowest BCUT2D eigenvalue weighted by Crippen LogP contribution is -2.28. The number of nitrogens with zero attached hydrogens (tertiary/aromatic N) is 2. The Balaban J connectivity index is 1.25. The van der Waals surface area contributed by atoms with Crippen LogP contribution in [0.1, 0.15) is 64.5 Å². The van der Waals surface area contributed by atoms with E-state index in [0.29, 0.717) is 38.8 Å². The number of benzene rings is 4. The monoisotopic (exact) mass is 753 g/mol. The Morgan fingerprint density at radius 3 is 1.98 bits per heavy atom. The summed E-state index contributed by atoms with van der Waals surface area (Å²) in [5.41, 5.74) is 6.35. The highest BCUT2D eigenvalue weighted by Gasteiger charge is 2.45. The second-order valence-corrected chi connectivity index (χ2v) is 18.1. The van der Waals surface area contributed by atoms with Crippen molar-refractivity contribution in [1.82, 2.24) is 0 Å². The third-order valence-electron chi connectivity index (χ3n) is 10.5. The molecule has 0 fully saturated rings. The maximum Gasteiger partial charge on any atom is 0.264 e. The Morgan fingerprint density at radius 1 is 0.679 bits per heavy atom. The number of unbranched alkanes of at least 4 members (excludes halogenated alkanes) is 2. The summed E-state index contributed by atoms with van der Waals surface area (Å²) in [5.74, 6) is -0.506. The summed E-state index contributed by atoms with van der Waals surface area (Å²) < 4.78 is 66.3. The molecule has 2 aliphatic rings. The first-order valence-corrected chi connectivity index (χ1v) is 21.4. The first-order valence-electron chi connectivity index (χ1n) is 18.2. The largest absolute Gasteiger partial charge is 0.344 e. The summed E-state index contributed by atoms with van der Waals surface area (Å²) in [6.45, 7) is 10.1. The van der Waals surface area contributed by atoms with E-state index in [4.69, 9.17) is 0 Å². The van der Waals surface area contributed by atoms with Crippen LogP contribution >= 0.6 is 0 Å². The topological polar surface area (TPSA) is 115 Å². The minimum atomic E-state index is -4.01. The first-order chi connectivity index (χ1) is 25.1. The molecule has 0 saturated heterocycles. The number of hydrogen-bond donors (Lipinski definition) is 2. The van der Waals surface area contributed by atoms with Crippen molar-refractivity contribution in [3.63, 3.8) is 0 Å². The summed E-state index contributed by atoms with van der Waals surface area (Å²) in [5, 5.41) is 4.69. The number of rotatable bonds is 14. The SMILES string of the molecule is CC1(C)C(/C=C/C=C/C=C/C=C2/N(CCCCS(=O)(=O)O)c3cc4ccccc4cc3C2(C)C)=[N+](CCCCS(=O)(=O)O)c2ccc3ccccc3c21. The Bertz CT molecular complexity index is 2420. The third-order valence-corrected chi connectivity index (χ3v) is 12.1. The van der Waals surface area contributed by atoms with Gasteiger partial charge >= 0.3 is 0 Å². The van der Waals surface area contributed by atoms with Crippen LogP contribution in [0.3, 0.4) is 0 Å². The van der Waals surface area contributed by atoms with E-state index < -0.39 is 20.2 Å². The molecule has 53 heavy (non-hydrogen) atoms. The summed E-state index contributed by atoms with van der Waals surface area (Å²) in [6.07, 6.45) is 16.3. The summed E-state index contributed by atoms with van der Waals surface area (Å²) >= 11 is 0. The fourth-order valence-electron chi connectivity index (χ4n) is 7.97. The molecule has 0 saturated carbocycles. The van der Waals surface area contributed by atoms with Gasteiger partial charge in [-0.15, -0.1) is 0 Å². The van der Waals surface area contributed by atoms with E-state index in [2.05, 4.69) is 104 Å². The van der Waals surface area contributed by atoms with Gasteiger partial charge < -0.3 is 4.90 Å². The Hall–Kier alpha value is -4.35. The zero-order valence-corrected chi connectivity index (χ0v) is 32.5. The standard InChI is InChI=1S/C43H48N2O6S2/c1-42(2)36-30-33-19-10-11-20-34(33)31-38(36)45(27-15-17-29-53(49,50)51)39(42)22-8-6-5-7-9-23-40-43(3,4)41-35-21-13-12-18-32(35)24-25-37(41)44(40)26-14-16-28-52(46,47)48/h5-13,18-25,30-31H,14-17,26-29H2,1-4H3,(H-,46,47,48,49,50,51)/p+1. The van der Waals surface area contributed by atoms with Gasteiger partial charge in [0.25, 0.3) is 20.2 Å². The van der Waals surface area contributed by atoms with Gasteiger partial charge in [0, 0.05) is 47.5 Å². The number of hydrogen-bond acceptors (Lipinski definition) is 5. The van der Waals surface area contributed by atoms with Crippen LogP contribution in [0.15, 0.2) is 121 Å². The Morgan fingerprint density at radius 2 is 1.28 bits per heavy atom. The summed E-state index contributed by atoms with van der Waals surface area (Å²) in [6, 6.07) is 25.4. The van der Waals surface area contributed by atoms with Crippen LogP contribution in [-0.2, 0) is 31.1 Å². The third kappa shape index (κ3) is 8.41. The second-order valence-electron chi connectivity index (χ2n) is 15.0. The fourth-order valence-corrected chi connectivity index (χ4v) is 9.11. The van der Waals surface area contributed by atoms with Gasteiger partial charge in [-0.1, -0.05) is 92.8 Å². The maximum absolute atomic E-state index is 11.4. The van der Waals surface area contributed by atoms with Crippen LogP contribution in [0.4, 0.5) is 11.4 Å². The minimum absolute atomic E-state index is 0.253. The summed E-state index contributed by atoms with van der Waals surface area (Å²) in [4.78, 5) is 2.28. The van der Waals surface area contributed by atoms with Gasteiger partial charge in [0.2, 0.25) is 5.69 Å². The van der Waals surface area contributed by atoms with E-state index in [-0.39, 0.29) is 22.3 Å². The van der Waals surface area contributed by atoms with Gasteiger partial charge in [-0.05, 0) is 84.5 Å². The van der Waals surface area contributed by atoms with Gasteiger partial charge in [-0.3, -0.25) is 9.11 Å². The molecule has 0 unspecified atom stereocenters. The molecule has 10 heteroatoms. The van der Waals surface area contributed by atoms with Crippen molar-refractivity contribution in [2.45, 2.75) is 64.2 Å². The van der Waals surface area contributed by atoms with Crippen molar-refractivity contribution < 1.29 is 30.5 Å². The molecule has 0 amide bonds.